The molecular formula is C37H36F12O7. The molecule has 0 aliphatic carbocycles. The van der Waals surface area contributed by atoms with Gasteiger partial charge in [-0.05, 0) is 73.7 Å². The third kappa shape index (κ3) is 8.34. The van der Waals surface area contributed by atoms with Gasteiger partial charge in [-0.3, -0.25) is 4.79 Å². The summed E-state index contributed by atoms with van der Waals surface area (Å²) in [6.45, 7) is 6.57. The molecule has 0 aliphatic rings. The third-order valence-corrected chi connectivity index (χ3v) is 9.81. The summed E-state index contributed by atoms with van der Waals surface area (Å²) in [5, 5.41) is 30.5. The van der Waals surface area contributed by atoms with Gasteiger partial charge in [0, 0.05) is 16.7 Å². The number of ether oxygens (including phenoxy) is 2. The van der Waals surface area contributed by atoms with Gasteiger partial charge in [-0.1, -0.05) is 52.0 Å². The lowest BCUT2D eigenvalue weighted by Crippen LogP contribution is -2.54. The monoisotopic (exact) mass is 820 g/mol. The SMILES string of the molecule is CCC(C)(CC)Oc1ccc(-c2ccc(OC(=O)c3cccc(C(=O)[C@@](C)(CC)CO)c3)c(C(O)(C(F)(F)F)C(F)(F)F)c2)cc1C(O)(C(F)(F)F)C(F)(F)F. The molecule has 56 heavy (non-hydrogen) atoms. The number of hydrogen-bond donors (Lipinski definition) is 3. The van der Waals surface area contributed by atoms with Gasteiger partial charge in [0.05, 0.1) is 17.6 Å². The van der Waals surface area contributed by atoms with Gasteiger partial charge in [-0.2, -0.15) is 52.7 Å². The molecule has 0 bridgehead atoms. The summed E-state index contributed by atoms with van der Waals surface area (Å²) < 4.78 is 181. The predicted molar refractivity (Wildman–Crippen MR) is 175 cm³/mol. The van der Waals surface area contributed by atoms with E-state index < -0.39 is 105 Å². The average Bonchev–Trinajstić information content (AvgIpc) is 3.11. The number of rotatable bonds is 13. The Morgan fingerprint density at radius 1 is 0.589 bits per heavy atom. The molecule has 0 amide bonds. The maximum Gasteiger partial charge on any atom is 0.430 e. The minimum atomic E-state index is -6.65. The number of benzene rings is 3. The van der Waals surface area contributed by atoms with Crippen LogP contribution in [0.2, 0.25) is 0 Å². The van der Waals surface area contributed by atoms with Gasteiger partial charge in [0.15, 0.2) is 5.78 Å². The molecule has 3 aromatic rings. The van der Waals surface area contributed by atoms with Crippen LogP contribution in [0.15, 0.2) is 60.7 Å². The zero-order valence-electron chi connectivity index (χ0n) is 30.1. The van der Waals surface area contributed by atoms with E-state index in [1.807, 2.05) is 0 Å². The summed E-state index contributed by atoms with van der Waals surface area (Å²) in [7, 11) is 0. The predicted octanol–water partition coefficient (Wildman–Crippen LogP) is 9.75. The Labute approximate surface area is 311 Å². The summed E-state index contributed by atoms with van der Waals surface area (Å²) in [5.74, 6) is -5.14. The van der Waals surface area contributed by atoms with Gasteiger partial charge < -0.3 is 24.8 Å². The Bertz CT molecular complexity index is 1880. The van der Waals surface area contributed by atoms with Crippen molar-refractivity contribution in [3.63, 3.8) is 0 Å². The highest BCUT2D eigenvalue weighted by molar-refractivity contribution is 6.02. The molecule has 1 atom stereocenters. The van der Waals surface area contributed by atoms with Gasteiger partial charge in [0.1, 0.15) is 17.1 Å². The second-order valence-corrected chi connectivity index (χ2v) is 13.5. The standard InChI is InChI=1S/C37H36F12O7/c1-6-30(4,19-50)28(51)22-10-9-11-23(16-22)29(52)55-26-14-12-20(17-24(26)32(53,34(38,39)40)35(41,42)43)21-13-15-27(56-31(5,7-2)8-3)25(18-21)33(54,36(44,45)46)37(47,48)49/h9-18,50,53-54H,6-8,19H2,1-5H3/t30-/m0/s1. The van der Waals surface area contributed by atoms with E-state index in [1.165, 1.54) is 33.8 Å². The number of esters is 1. The smallest absolute Gasteiger partial charge is 0.430 e. The first-order valence-electron chi connectivity index (χ1n) is 16.6. The van der Waals surface area contributed by atoms with Gasteiger partial charge in [0.25, 0.3) is 11.2 Å². The second kappa shape index (κ2) is 15.5. The van der Waals surface area contributed by atoms with E-state index >= 15 is 0 Å². The van der Waals surface area contributed by atoms with Gasteiger partial charge in [-0.25, -0.2) is 4.79 Å². The summed E-state index contributed by atoms with van der Waals surface area (Å²) in [6.07, 6.45) is -26.2. The van der Waals surface area contributed by atoms with Crippen molar-refractivity contribution in [1.29, 1.82) is 0 Å². The molecule has 3 rings (SSSR count). The van der Waals surface area contributed by atoms with Crippen molar-refractivity contribution in [2.75, 3.05) is 6.61 Å². The van der Waals surface area contributed by atoms with E-state index in [9.17, 15) is 77.6 Å². The zero-order valence-corrected chi connectivity index (χ0v) is 30.1. The number of aliphatic hydroxyl groups is 3. The van der Waals surface area contributed by atoms with E-state index in [1.54, 1.807) is 6.92 Å². The fourth-order valence-electron chi connectivity index (χ4n) is 5.39. The molecule has 0 radical (unpaired) electrons. The summed E-state index contributed by atoms with van der Waals surface area (Å²) in [6, 6.07) is 6.06. The molecule has 7 nitrogen and oxygen atoms in total. The lowest BCUT2D eigenvalue weighted by atomic mass is 9.80. The number of carbonyl (C=O) groups excluding carboxylic acids is 2. The van der Waals surface area contributed by atoms with E-state index in [0.717, 1.165) is 18.2 Å². The Morgan fingerprint density at radius 3 is 1.39 bits per heavy atom. The fourth-order valence-corrected chi connectivity index (χ4v) is 5.39. The number of ketones is 1. The van der Waals surface area contributed by atoms with Crippen molar-refractivity contribution in [1.82, 2.24) is 0 Å². The van der Waals surface area contributed by atoms with Crippen LogP contribution in [-0.2, 0) is 11.2 Å². The molecule has 3 aromatic carbocycles. The number of aliphatic hydroxyl groups excluding tert-OH is 1. The number of halogens is 12. The van der Waals surface area contributed by atoms with E-state index in [0.29, 0.717) is 18.2 Å². The van der Waals surface area contributed by atoms with Crippen molar-refractivity contribution in [2.24, 2.45) is 5.41 Å². The average molecular weight is 821 g/mol. The minimum absolute atomic E-state index is 0.00599. The van der Waals surface area contributed by atoms with Crippen LogP contribution in [-0.4, -0.2) is 64.0 Å². The Morgan fingerprint density at radius 2 is 1.00 bits per heavy atom. The van der Waals surface area contributed by atoms with Crippen LogP contribution < -0.4 is 9.47 Å². The molecule has 19 heteroatoms. The molecule has 0 saturated carbocycles. The molecule has 0 spiro atoms. The first kappa shape index (κ1) is 46.0. The molecule has 0 aliphatic heterocycles. The fraction of sp³-hybridized carbons (Fsp3) is 0.459. The largest absolute Gasteiger partial charge is 0.487 e. The minimum Gasteiger partial charge on any atom is -0.487 e. The highest BCUT2D eigenvalue weighted by Gasteiger charge is 2.73. The summed E-state index contributed by atoms with van der Waals surface area (Å²) >= 11 is 0. The number of carbonyl (C=O) groups is 2. The van der Waals surface area contributed by atoms with Crippen LogP contribution in [0.1, 0.15) is 85.7 Å². The van der Waals surface area contributed by atoms with Gasteiger partial charge in [-0.15, -0.1) is 0 Å². The van der Waals surface area contributed by atoms with Gasteiger partial charge in [0.2, 0.25) is 0 Å². The molecule has 0 fully saturated rings. The van der Waals surface area contributed by atoms with Gasteiger partial charge >= 0.3 is 30.7 Å². The van der Waals surface area contributed by atoms with Crippen LogP contribution >= 0.6 is 0 Å². The molecule has 3 N–H and O–H groups in total. The van der Waals surface area contributed by atoms with Crippen molar-refractivity contribution in [3.8, 4) is 22.6 Å². The summed E-state index contributed by atoms with van der Waals surface area (Å²) in [5.41, 5.74) is -21.3. The van der Waals surface area contributed by atoms with E-state index in [4.69, 9.17) is 9.47 Å². The van der Waals surface area contributed by atoms with Crippen molar-refractivity contribution in [2.45, 2.75) is 95.4 Å². The van der Waals surface area contributed by atoms with Crippen LogP contribution in [0.5, 0.6) is 11.5 Å². The van der Waals surface area contributed by atoms with Crippen LogP contribution in [0.4, 0.5) is 52.7 Å². The topological polar surface area (TPSA) is 113 Å². The number of alkyl halides is 12. The number of hydrogen-bond acceptors (Lipinski definition) is 7. The Kier molecular flexibility index (Phi) is 12.8. The van der Waals surface area contributed by atoms with E-state index in [-0.39, 0.29) is 43.0 Å². The van der Waals surface area contributed by atoms with Crippen molar-refractivity contribution >= 4 is 11.8 Å². The molecular weight excluding hydrogens is 784 g/mol. The summed E-state index contributed by atoms with van der Waals surface area (Å²) in [4.78, 5) is 26.2. The third-order valence-electron chi connectivity index (χ3n) is 9.81. The molecule has 0 saturated heterocycles. The highest BCUT2D eigenvalue weighted by atomic mass is 19.4. The molecule has 0 heterocycles. The van der Waals surface area contributed by atoms with Crippen LogP contribution in [0.3, 0.4) is 0 Å². The normalized spacial score (nSPS) is 14.6. The van der Waals surface area contributed by atoms with E-state index in [2.05, 4.69) is 0 Å². The maximum absolute atomic E-state index is 14.3. The first-order valence-corrected chi connectivity index (χ1v) is 16.6. The molecule has 0 aromatic heterocycles. The number of Topliss-reactive ketones (excluding diaryl/α,β-unsaturated/α-hetero) is 1. The molecule has 0 unspecified atom stereocenters. The lowest BCUT2D eigenvalue weighted by molar-refractivity contribution is -0.377. The Balaban J connectivity index is 2.37. The second-order valence-electron chi connectivity index (χ2n) is 13.5. The molecule has 310 valence electrons. The highest BCUT2D eigenvalue weighted by Crippen LogP contribution is 2.55. The van der Waals surface area contributed by atoms with Crippen LogP contribution in [0.25, 0.3) is 11.1 Å². The van der Waals surface area contributed by atoms with Crippen LogP contribution in [0, 0.1) is 5.41 Å². The van der Waals surface area contributed by atoms with Crippen molar-refractivity contribution < 1.29 is 87.1 Å². The maximum atomic E-state index is 14.3. The van der Waals surface area contributed by atoms with Crippen molar-refractivity contribution in [3.05, 3.63) is 82.9 Å². The quantitative estimate of drug-likeness (QED) is 0.0682. The Hall–Kier alpha value is -4.36. The zero-order chi connectivity index (χ0) is 43.1. The first-order chi connectivity index (χ1) is 25.4. The lowest BCUT2D eigenvalue weighted by Gasteiger charge is -2.36.